The molecule has 0 N–H and O–H groups in total. The van der Waals surface area contributed by atoms with Crippen LogP contribution in [0.25, 0.3) is 0 Å². The molecule has 1 aliphatic rings. The average molecular weight is 296 g/mol. The van der Waals surface area contributed by atoms with E-state index in [1.807, 2.05) is 6.92 Å². The summed E-state index contributed by atoms with van der Waals surface area (Å²) in [5.41, 5.74) is 1.02. The summed E-state index contributed by atoms with van der Waals surface area (Å²) < 4.78 is 26.5. The third kappa shape index (κ3) is 3.02. The van der Waals surface area contributed by atoms with Crippen LogP contribution in [0.15, 0.2) is 29.2 Å². The second-order valence-electron chi connectivity index (χ2n) is 5.00. The first-order chi connectivity index (χ1) is 9.45. The van der Waals surface area contributed by atoms with E-state index in [1.54, 1.807) is 36.1 Å². The Hall–Kier alpha value is -1.40. The molecule has 0 bridgehead atoms. The predicted octanol–water partition coefficient (Wildman–Crippen LogP) is 1.59. The zero-order valence-corrected chi connectivity index (χ0v) is 12.7. The number of aryl methyl sites for hydroxylation is 1. The molecule has 0 radical (unpaired) electrons. The lowest BCUT2D eigenvalue weighted by molar-refractivity contribution is -0.133. The van der Waals surface area contributed by atoms with E-state index in [9.17, 15) is 13.2 Å². The maximum absolute atomic E-state index is 12.5. The van der Waals surface area contributed by atoms with Gasteiger partial charge in [0.05, 0.1) is 11.6 Å². The van der Waals surface area contributed by atoms with Crippen molar-refractivity contribution in [2.24, 2.45) is 0 Å². The molecule has 1 heterocycles. The van der Waals surface area contributed by atoms with Gasteiger partial charge in [0, 0.05) is 19.5 Å². The minimum absolute atomic E-state index is 0.00574. The minimum atomic E-state index is -3.51. The Morgan fingerprint density at radius 2 is 1.85 bits per heavy atom. The molecule has 0 aliphatic carbocycles. The molecule has 1 fully saturated rings. The Bertz CT molecular complexity index is 581. The van der Waals surface area contributed by atoms with E-state index in [4.69, 9.17) is 0 Å². The predicted molar refractivity (Wildman–Crippen MR) is 76.6 cm³/mol. The molecule has 20 heavy (non-hydrogen) atoms. The van der Waals surface area contributed by atoms with Gasteiger partial charge in [-0.3, -0.25) is 4.79 Å². The van der Waals surface area contributed by atoms with Gasteiger partial charge in [-0.15, -0.1) is 0 Å². The second kappa shape index (κ2) is 5.93. The van der Waals surface area contributed by atoms with Gasteiger partial charge in [-0.05, 0) is 25.5 Å². The van der Waals surface area contributed by atoms with Gasteiger partial charge in [0.1, 0.15) is 0 Å². The first-order valence-electron chi connectivity index (χ1n) is 6.79. The second-order valence-corrected chi connectivity index (χ2v) is 6.94. The van der Waals surface area contributed by atoms with Crippen LogP contribution in [0.4, 0.5) is 0 Å². The molecule has 110 valence electrons. The smallest absolute Gasteiger partial charge is 0.244 e. The molecule has 0 unspecified atom stereocenters. The monoisotopic (exact) mass is 296 g/mol. The first-order valence-corrected chi connectivity index (χ1v) is 8.23. The van der Waals surface area contributed by atoms with Gasteiger partial charge < -0.3 is 4.90 Å². The third-order valence-electron chi connectivity index (χ3n) is 3.48. The zero-order valence-electron chi connectivity index (χ0n) is 11.9. The van der Waals surface area contributed by atoms with Crippen LogP contribution in [0.2, 0.25) is 0 Å². The summed E-state index contributed by atoms with van der Waals surface area (Å²) in [7, 11) is -3.51. The number of carbonyl (C=O) groups excluding carboxylic acids is 1. The van der Waals surface area contributed by atoms with Crippen LogP contribution >= 0.6 is 0 Å². The highest BCUT2D eigenvalue weighted by Crippen LogP contribution is 2.20. The molecule has 1 aromatic rings. The first kappa shape index (κ1) is 15.0. The van der Waals surface area contributed by atoms with Gasteiger partial charge in [0.25, 0.3) is 0 Å². The van der Waals surface area contributed by atoms with E-state index in [0.29, 0.717) is 25.9 Å². The molecule has 1 amide bonds. The highest BCUT2D eigenvalue weighted by molar-refractivity contribution is 7.89. The van der Waals surface area contributed by atoms with Crippen LogP contribution in [-0.2, 0) is 14.8 Å². The van der Waals surface area contributed by atoms with E-state index in [1.165, 1.54) is 4.31 Å². The van der Waals surface area contributed by atoms with Crippen molar-refractivity contribution in [3.05, 3.63) is 29.8 Å². The minimum Gasteiger partial charge on any atom is -0.329 e. The molecule has 1 saturated heterocycles. The highest BCUT2D eigenvalue weighted by atomic mass is 32.2. The van der Waals surface area contributed by atoms with Crippen LogP contribution < -0.4 is 0 Å². The van der Waals surface area contributed by atoms with Crippen molar-refractivity contribution in [2.45, 2.75) is 31.6 Å². The van der Waals surface area contributed by atoms with Gasteiger partial charge in [0.15, 0.2) is 0 Å². The van der Waals surface area contributed by atoms with Crippen molar-refractivity contribution in [3.8, 4) is 0 Å². The number of rotatable bonds is 3. The maximum Gasteiger partial charge on any atom is 0.244 e. The van der Waals surface area contributed by atoms with Gasteiger partial charge in [0.2, 0.25) is 15.9 Å². The fourth-order valence-electron chi connectivity index (χ4n) is 2.25. The number of sulfonamides is 1. The molecule has 0 atom stereocenters. The number of hydrogen-bond acceptors (Lipinski definition) is 3. The Morgan fingerprint density at radius 1 is 1.20 bits per heavy atom. The summed E-state index contributed by atoms with van der Waals surface area (Å²) in [6, 6.07) is 6.80. The Labute approximate surface area is 120 Å². The van der Waals surface area contributed by atoms with Crippen LogP contribution in [0.1, 0.15) is 25.3 Å². The van der Waals surface area contributed by atoms with Gasteiger partial charge in [-0.1, -0.05) is 24.6 Å². The topological polar surface area (TPSA) is 57.7 Å². The van der Waals surface area contributed by atoms with Crippen molar-refractivity contribution >= 4 is 15.9 Å². The molecule has 1 aliphatic heterocycles. The summed E-state index contributed by atoms with van der Waals surface area (Å²) in [5.74, 6) is -0.00574. The normalized spacial score (nSPS) is 17.2. The Balaban J connectivity index is 2.21. The van der Waals surface area contributed by atoms with E-state index in [2.05, 4.69) is 0 Å². The van der Waals surface area contributed by atoms with Crippen molar-refractivity contribution in [3.63, 3.8) is 0 Å². The summed E-state index contributed by atoms with van der Waals surface area (Å²) >= 11 is 0. The molecule has 5 nitrogen and oxygen atoms in total. The molecule has 0 spiro atoms. The lowest BCUT2D eigenvalue weighted by Crippen LogP contribution is -2.49. The fraction of sp³-hybridized carbons (Fsp3) is 0.500. The summed E-state index contributed by atoms with van der Waals surface area (Å²) in [5, 5.41) is 0. The van der Waals surface area contributed by atoms with Crippen molar-refractivity contribution in [1.29, 1.82) is 0 Å². The number of nitrogens with zero attached hydrogens (tertiary/aromatic N) is 2. The number of amides is 1. The maximum atomic E-state index is 12.5. The van der Waals surface area contributed by atoms with E-state index >= 15 is 0 Å². The molecule has 1 aromatic carbocycles. The van der Waals surface area contributed by atoms with E-state index < -0.39 is 10.0 Å². The number of carbonyl (C=O) groups is 1. The Morgan fingerprint density at radius 3 is 2.45 bits per heavy atom. The molecule has 6 heteroatoms. The van der Waals surface area contributed by atoms with Crippen LogP contribution in [0, 0.1) is 6.92 Å². The van der Waals surface area contributed by atoms with Gasteiger partial charge >= 0.3 is 0 Å². The van der Waals surface area contributed by atoms with Gasteiger partial charge in [-0.25, -0.2) is 8.42 Å². The van der Waals surface area contributed by atoms with E-state index in [-0.39, 0.29) is 17.5 Å². The van der Waals surface area contributed by atoms with Gasteiger partial charge in [-0.2, -0.15) is 4.31 Å². The summed E-state index contributed by atoms with van der Waals surface area (Å²) in [6.07, 6.45) is 1.08. The quantitative estimate of drug-likeness (QED) is 0.851. The lowest BCUT2D eigenvalue weighted by Gasteiger charge is -2.34. The van der Waals surface area contributed by atoms with E-state index in [0.717, 1.165) is 5.56 Å². The van der Waals surface area contributed by atoms with Crippen LogP contribution in [0.5, 0.6) is 0 Å². The number of benzene rings is 1. The Kier molecular flexibility index (Phi) is 4.45. The standard InChI is InChI=1S/C14H20N2O3S/c1-3-14(17)15-9-4-10-16(11-15)20(18,19)13-7-5-12(2)6-8-13/h5-8H,3-4,9-11H2,1-2H3. The molecule has 0 saturated carbocycles. The van der Waals surface area contributed by atoms with Crippen molar-refractivity contribution < 1.29 is 13.2 Å². The molecular formula is C14H20N2O3S. The third-order valence-corrected chi connectivity index (χ3v) is 5.32. The van der Waals surface area contributed by atoms with Crippen LogP contribution in [0.3, 0.4) is 0 Å². The summed E-state index contributed by atoms with van der Waals surface area (Å²) in [4.78, 5) is 13.6. The highest BCUT2D eigenvalue weighted by Gasteiger charge is 2.30. The molecule has 0 aromatic heterocycles. The van der Waals surface area contributed by atoms with Crippen molar-refractivity contribution in [2.75, 3.05) is 19.8 Å². The summed E-state index contributed by atoms with van der Waals surface area (Å²) in [6.45, 7) is 4.95. The molecule has 2 rings (SSSR count). The lowest BCUT2D eigenvalue weighted by atomic mass is 10.2. The largest absolute Gasteiger partial charge is 0.329 e. The zero-order chi connectivity index (χ0) is 14.8. The average Bonchev–Trinajstić information content (AvgIpc) is 2.47. The molecular weight excluding hydrogens is 276 g/mol. The SMILES string of the molecule is CCC(=O)N1CCCN(S(=O)(=O)c2ccc(C)cc2)C1. The number of hydrogen-bond donors (Lipinski definition) is 0. The van der Waals surface area contributed by atoms with Crippen LogP contribution in [-0.4, -0.2) is 43.3 Å². The fourth-order valence-corrected chi connectivity index (χ4v) is 3.69. The van der Waals surface area contributed by atoms with Crippen molar-refractivity contribution in [1.82, 2.24) is 9.21 Å².